The summed E-state index contributed by atoms with van der Waals surface area (Å²) in [4.78, 5) is 18.5. The maximum Gasteiger partial charge on any atom is 0.491 e. The van der Waals surface area contributed by atoms with Gasteiger partial charge in [0.1, 0.15) is 11.8 Å². The third-order valence-electron chi connectivity index (χ3n) is 7.88. The number of rotatable bonds is 5. The summed E-state index contributed by atoms with van der Waals surface area (Å²) in [5.74, 6) is 0.611. The molecule has 2 amide bonds. The van der Waals surface area contributed by atoms with Gasteiger partial charge in [-0.3, -0.25) is 4.90 Å². The first kappa shape index (κ1) is 22.1. The van der Waals surface area contributed by atoms with Crippen molar-refractivity contribution in [2.24, 2.45) is 5.92 Å². The Morgan fingerprint density at radius 1 is 1.12 bits per heavy atom. The molecule has 2 bridgehead atoms. The van der Waals surface area contributed by atoms with Gasteiger partial charge in [-0.25, -0.2) is 5.32 Å². The van der Waals surface area contributed by atoms with Gasteiger partial charge in [-0.15, -0.1) is 0 Å². The second kappa shape index (κ2) is 9.68. The molecule has 0 unspecified atom stereocenters. The van der Waals surface area contributed by atoms with Crippen molar-refractivity contribution in [3.63, 3.8) is 0 Å². The number of carbonyl (C=O) groups excluding carboxylic acids is 1. The second-order valence-electron chi connectivity index (χ2n) is 9.87. The van der Waals surface area contributed by atoms with E-state index in [1.807, 2.05) is 4.58 Å². The molecule has 5 heteroatoms. The van der Waals surface area contributed by atoms with Crippen molar-refractivity contribution < 1.29 is 9.37 Å². The Kier molecular flexibility index (Phi) is 6.50. The highest BCUT2D eigenvalue weighted by Gasteiger charge is 2.39. The monoisotopic (exact) mass is 445 g/mol. The summed E-state index contributed by atoms with van der Waals surface area (Å²) in [7, 11) is 0. The number of likely N-dealkylation sites (tertiary alicyclic amines) is 1. The van der Waals surface area contributed by atoms with Crippen LogP contribution in [0, 0.1) is 5.92 Å². The Morgan fingerprint density at radius 2 is 1.88 bits per heavy atom. The molecule has 5 heterocycles. The van der Waals surface area contributed by atoms with E-state index in [0.29, 0.717) is 12.5 Å². The molecule has 0 saturated carbocycles. The number of hydrogen-bond acceptors (Lipinski definition) is 3. The predicted octanol–water partition coefficient (Wildman–Crippen LogP) is 3.96. The lowest BCUT2D eigenvalue weighted by Gasteiger charge is -2.42. The molecule has 5 aliphatic rings. The largest absolute Gasteiger partial charge is 0.491 e. The van der Waals surface area contributed by atoms with E-state index in [1.165, 1.54) is 50.0 Å². The zero-order valence-corrected chi connectivity index (χ0v) is 19.9. The minimum Gasteiger partial charge on any atom is -0.372 e. The van der Waals surface area contributed by atoms with Crippen LogP contribution in [0.5, 0.6) is 0 Å². The Bertz CT molecular complexity index is 1010. The van der Waals surface area contributed by atoms with Crippen molar-refractivity contribution in [1.29, 1.82) is 0 Å². The molecule has 0 aliphatic carbocycles. The normalized spacial score (nSPS) is 27.2. The Balaban J connectivity index is 1.42. The van der Waals surface area contributed by atoms with Crippen LogP contribution >= 0.6 is 0 Å². The van der Waals surface area contributed by atoms with Crippen molar-refractivity contribution in [3.8, 4) is 0 Å². The van der Waals surface area contributed by atoms with Gasteiger partial charge < -0.3 is 4.90 Å². The van der Waals surface area contributed by atoms with Gasteiger partial charge in [-0.1, -0.05) is 36.9 Å². The number of urea groups is 1. The van der Waals surface area contributed by atoms with Crippen molar-refractivity contribution >= 4 is 11.7 Å². The molecular weight excluding hydrogens is 408 g/mol. The molecule has 5 aliphatic heterocycles. The van der Waals surface area contributed by atoms with Crippen LogP contribution in [-0.2, 0) is 6.42 Å². The quantitative estimate of drug-likeness (QED) is 0.551. The van der Waals surface area contributed by atoms with Gasteiger partial charge in [-0.05, 0) is 63.4 Å². The van der Waals surface area contributed by atoms with Gasteiger partial charge in [0.15, 0.2) is 0 Å². The number of fused-ring (bicyclic) bond motifs is 4. The van der Waals surface area contributed by atoms with Crippen LogP contribution in [-0.4, -0.2) is 71.4 Å². The average Bonchev–Trinajstić information content (AvgIpc) is 3.39. The van der Waals surface area contributed by atoms with Gasteiger partial charge in [0.05, 0.1) is 6.54 Å². The fourth-order valence-corrected chi connectivity index (χ4v) is 6.00. The minimum atomic E-state index is 0.0265. The van der Waals surface area contributed by atoms with Crippen LogP contribution in [0.1, 0.15) is 43.7 Å². The van der Waals surface area contributed by atoms with Crippen LogP contribution in [0.3, 0.4) is 0 Å². The summed E-state index contributed by atoms with van der Waals surface area (Å²) in [5.41, 5.74) is 5.50. The highest BCUT2D eigenvalue weighted by atomic mass is 16.2. The van der Waals surface area contributed by atoms with E-state index in [-0.39, 0.29) is 12.1 Å². The van der Waals surface area contributed by atoms with Crippen LogP contribution in [0.4, 0.5) is 4.79 Å². The summed E-state index contributed by atoms with van der Waals surface area (Å²) in [5, 5.41) is 3.40. The number of piperidine rings is 3. The molecule has 0 spiro atoms. The van der Waals surface area contributed by atoms with Gasteiger partial charge in [0, 0.05) is 48.8 Å². The smallest absolute Gasteiger partial charge is 0.372 e. The average molecular weight is 446 g/mol. The van der Waals surface area contributed by atoms with Crippen molar-refractivity contribution in [2.75, 3.05) is 39.3 Å². The first-order valence-electron chi connectivity index (χ1n) is 12.7. The lowest BCUT2D eigenvalue weighted by atomic mass is 9.84. The molecule has 1 aromatic carbocycles. The first-order chi connectivity index (χ1) is 16.1. The fraction of sp³-hybridized carbons (Fsp3) is 0.500. The van der Waals surface area contributed by atoms with Crippen molar-refractivity contribution in [1.82, 2.24) is 15.1 Å². The third-order valence-corrected chi connectivity index (χ3v) is 7.88. The molecule has 1 aromatic rings. The van der Waals surface area contributed by atoms with E-state index in [1.54, 1.807) is 0 Å². The summed E-state index contributed by atoms with van der Waals surface area (Å²) in [6, 6.07) is 8.74. The van der Waals surface area contributed by atoms with E-state index >= 15 is 0 Å². The molecule has 1 N–H and O–H groups in total. The molecule has 4 fully saturated rings. The lowest BCUT2D eigenvalue weighted by Crippen LogP contribution is -2.58. The van der Waals surface area contributed by atoms with Crippen LogP contribution < -0.4 is 5.32 Å². The zero-order valence-electron chi connectivity index (χ0n) is 19.9. The maximum atomic E-state index is 13.6. The summed E-state index contributed by atoms with van der Waals surface area (Å²) in [6.07, 6.45) is 12.2. The van der Waals surface area contributed by atoms with Crippen LogP contribution in [0.25, 0.3) is 0 Å². The fourth-order valence-electron chi connectivity index (χ4n) is 6.00. The topological polar surface area (TPSA) is 38.6 Å². The summed E-state index contributed by atoms with van der Waals surface area (Å²) < 4.78 is 1.94. The maximum absolute atomic E-state index is 13.6. The first-order valence-corrected chi connectivity index (χ1v) is 12.7. The van der Waals surface area contributed by atoms with E-state index in [4.69, 9.17) is 0 Å². The second-order valence-corrected chi connectivity index (χ2v) is 9.87. The SMILES string of the molecule is C=C(/C=C\C(=C/C)N1CCCC1)C1=[N+](C(=O)N[C@@H]2CN3CCC2CC3)CCc2ccccc21. The number of hydrogen-bond donors (Lipinski definition) is 1. The molecule has 33 heavy (non-hydrogen) atoms. The highest BCUT2D eigenvalue weighted by molar-refractivity contribution is 6.13. The highest BCUT2D eigenvalue weighted by Crippen LogP contribution is 2.28. The molecule has 5 nitrogen and oxygen atoms in total. The molecule has 4 saturated heterocycles. The molecular formula is C28H37N4O+. The van der Waals surface area contributed by atoms with Crippen molar-refractivity contribution in [2.45, 2.75) is 45.1 Å². The summed E-state index contributed by atoms with van der Waals surface area (Å²) >= 11 is 0. The number of nitrogens with one attached hydrogen (secondary N) is 1. The predicted molar refractivity (Wildman–Crippen MR) is 134 cm³/mol. The molecule has 1 atom stereocenters. The Labute approximate surface area is 198 Å². The van der Waals surface area contributed by atoms with E-state index in [2.05, 4.69) is 71.1 Å². The molecule has 174 valence electrons. The minimum absolute atomic E-state index is 0.0265. The van der Waals surface area contributed by atoms with E-state index in [0.717, 1.165) is 42.9 Å². The molecule has 0 aromatic heterocycles. The lowest BCUT2D eigenvalue weighted by molar-refractivity contribution is -0.430. The van der Waals surface area contributed by atoms with E-state index in [9.17, 15) is 4.79 Å². The van der Waals surface area contributed by atoms with Crippen molar-refractivity contribution in [3.05, 3.63) is 71.5 Å². The van der Waals surface area contributed by atoms with Gasteiger partial charge >= 0.3 is 6.03 Å². The number of amides is 2. The molecule has 0 radical (unpaired) electrons. The number of allylic oxidation sites excluding steroid dienone is 4. The van der Waals surface area contributed by atoms with E-state index < -0.39 is 0 Å². The van der Waals surface area contributed by atoms with Gasteiger partial charge in [-0.2, -0.15) is 9.37 Å². The Hall–Kier alpha value is -2.66. The standard InChI is InChI=1S/C28H36N4O/c1-3-24(31-15-6-7-16-31)11-10-21(2)27-25-9-5-4-8-22(25)14-19-32(27)28(33)29-26-20-30-17-12-23(26)13-18-30/h3-5,8-11,23,26H,2,6-7,12-20H2,1H3/p+1/b11-10-,24-3+/t26-/m1/s1. The van der Waals surface area contributed by atoms with Crippen LogP contribution in [0.2, 0.25) is 0 Å². The Morgan fingerprint density at radius 3 is 2.58 bits per heavy atom. The zero-order chi connectivity index (χ0) is 22.8. The summed E-state index contributed by atoms with van der Waals surface area (Å²) in [6.45, 7) is 12.8. The van der Waals surface area contributed by atoms with Crippen LogP contribution in [0.15, 0.2) is 60.3 Å². The van der Waals surface area contributed by atoms with Gasteiger partial charge in [0.25, 0.3) is 0 Å². The number of benzene rings is 1. The third kappa shape index (κ3) is 4.56. The number of nitrogens with zero attached hydrogens (tertiary/aromatic N) is 3. The molecule has 6 rings (SSSR count). The number of carbonyl (C=O) groups is 1. The van der Waals surface area contributed by atoms with Gasteiger partial charge in [0.2, 0.25) is 0 Å².